The van der Waals surface area contributed by atoms with Gasteiger partial charge in [-0.15, -0.1) is 0 Å². The van der Waals surface area contributed by atoms with Crippen molar-refractivity contribution in [3.8, 4) is 11.5 Å². The van der Waals surface area contributed by atoms with Gasteiger partial charge >= 0.3 is 0 Å². The van der Waals surface area contributed by atoms with Gasteiger partial charge in [-0.05, 0) is 61.7 Å². The number of rotatable bonds is 7. The highest BCUT2D eigenvalue weighted by molar-refractivity contribution is 6.01. The van der Waals surface area contributed by atoms with E-state index in [0.717, 1.165) is 29.0 Å². The van der Waals surface area contributed by atoms with Gasteiger partial charge in [-0.3, -0.25) is 9.59 Å². The van der Waals surface area contributed by atoms with E-state index in [9.17, 15) is 9.59 Å². The first kappa shape index (κ1) is 23.3. The number of carbonyl (C=O) groups excluding carboxylic acids is 2. The number of Topliss-reactive ketones (excluding diaryl/α,β-unsaturated/α-hetero) is 1. The summed E-state index contributed by atoms with van der Waals surface area (Å²) in [7, 11) is 0. The fraction of sp³-hybridized carbons (Fsp3) is 0.500. The summed E-state index contributed by atoms with van der Waals surface area (Å²) in [5.74, 6) is 1.70. The van der Waals surface area contributed by atoms with Gasteiger partial charge in [0.05, 0.1) is 18.6 Å². The van der Waals surface area contributed by atoms with Crippen molar-refractivity contribution >= 4 is 11.7 Å². The number of benzene rings is 2. The van der Waals surface area contributed by atoms with Gasteiger partial charge in [-0.1, -0.05) is 32.3 Å². The smallest absolute Gasteiger partial charge is 0.253 e. The number of likely N-dealkylation sites (tertiary alicyclic amines) is 1. The third kappa shape index (κ3) is 5.07. The fourth-order valence-corrected chi connectivity index (χ4v) is 4.77. The molecule has 176 valence electrons. The van der Waals surface area contributed by atoms with Gasteiger partial charge in [0.25, 0.3) is 5.91 Å². The molecule has 4 rings (SSSR count). The van der Waals surface area contributed by atoms with Crippen molar-refractivity contribution in [3.05, 3.63) is 58.7 Å². The van der Waals surface area contributed by atoms with E-state index >= 15 is 0 Å². The van der Waals surface area contributed by atoms with E-state index in [-0.39, 0.29) is 11.7 Å². The number of unbranched alkanes of at least 4 members (excludes halogenated alkanes) is 3. The molecular weight excluding hydrogens is 414 g/mol. The summed E-state index contributed by atoms with van der Waals surface area (Å²) in [6.07, 6.45) is 6.39. The molecule has 1 amide bonds. The second kappa shape index (κ2) is 9.98. The summed E-state index contributed by atoms with van der Waals surface area (Å²) in [5, 5.41) is 0. The molecule has 0 atom stereocenters. The Morgan fingerprint density at radius 2 is 1.76 bits per heavy atom. The molecule has 0 bridgehead atoms. The van der Waals surface area contributed by atoms with Crippen molar-refractivity contribution in [2.24, 2.45) is 0 Å². The van der Waals surface area contributed by atoms with Crippen LogP contribution in [0.25, 0.3) is 0 Å². The zero-order chi connectivity index (χ0) is 23.4. The van der Waals surface area contributed by atoms with Crippen molar-refractivity contribution in [3.63, 3.8) is 0 Å². The van der Waals surface area contributed by atoms with E-state index in [0.29, 0.717) is 50.1 Å². The molecular formula is C28H35NO4. The van der Waals surface area contributed by atoms with Crippen molar-refractivity contribution in [2.45, 2.75) is 71.3 Å². The second-order valence-electron chi connectivity index (χ2n) is 9.49. The molecule has 0 aliphatic carbocycles. The maximum absolute atomic E-state index is 13.1. The number of carbonyl (C=O) groups is 2. The molecule has 2 aliphatic rings. The standard InChI is InChI=1S/C28H35NO4/c1-4-5-6-7-18-32-23-11-9-22(10-12-23)27(31)29-16-14-28(15-17-29)19-25(30)24-13-8-20(2)21(3)26(24)33-28/h8-13H,4-7,14-19H2,1-3H3. The van der Waals surface area contributed by atoms with Crippen LogP contribution in [-0.4, -0.2) is 41.9 Å². The topological polar surface area (TPSA) is 55.8 Å². The van der Waals surface area contributed by atoms with Gasteiger partial charge in [0.1, 0.15) is 17.1 Å². The quantitative estimate of drug-likeness (QED) is 0.494. The Kier molecular flexibility index (Phi) is 7.06. The summed E-state index contributed by atoms with van der Waals surface area (Å²) < 4.78 is 12.3. The minimum Gasteiger partial charge on any atom is -0.494 e. The van der Waals surface area contributed by atoms with Crippen molar-refractivity contribution in [1.29, 1.82) is 0 Å². The summed E-state index contributed by atoms with van der Waals surface area (Å²) in [6.45, 7) is 8.13. The molecule has 5 heteroatoms. The molecule has 1 spiro atoms. The number of hydrogen-bond donors (Lipinski definition) is 0. The van der Waals surface area contributed by atoms with Crippen LogP contribution in [0, 0.1) is 13.8 Å². The Hall–Kier alpha value is -2.82. The Morgan fingerprint density at radius 1 is 1.03 bits per heavy atom. The Balaban J connectivity index is 1.35. The minimum absolute atomic E-state index is 0.0221. The number of nitrogens with zero attached hydrogens (tertiary/aromatic N) is 1. The summed E-state index contributed by atoms with van der Waals surface area (Å²) in [6, 6.07) is 11.3. The lowest BCUT2D eigenvalue weighted by Gasteiger charge is -2.44. The first-order chi connectivity index (χ1) is 15.9. The van der Waals surface area contributed by atoms with Crippen LogP contribution in [0.1, 0.15) is 83.7 Å². The summed E-state index contributed by atoms with van der Waals surface area (Å²) >= 11 is 0. The van der Waals surface area contributed by atoms with E-state index in [2.05, 4.69) is 6.92 Å². The number of ether oxygens (including phenoxy) is 2. The maximum atomic E-state index is 13.1. The zero-order valence-electron chi connectivity index (χ0n) is 20.1. The van der Waals surface area contributed by atoms with Gasteiger partial charge in [0.2, 0.25) is 0 Å². The van der Waals surface area contributed by atoms with Gasteiger partial charge in [-0.25, -0.2) is 0 Å². The van der Waals surface area contributed by atoms with Crippen LogP contribution < -0.4 is 9.47 Å². The molecule has 0 N–H and O–H groups in total. The Labute approximate surface area is 197 Å². The number of ketones is 1. The molecule has 0 aromatic heterocycles. The monoisotopic (exact) mass is 449 g/mol. The number of fused-ring (bicyclic) bond motifs is 1. The number of aryl methyl sites for hydroxylation is 1. The van der Waals surface area contributed by atoms with Crippen molar-refractivity contribution in [1.82, 2.24) is 4.90 Å². The van der Waals surface area contributed by atoms with Gasteiger partial charge in [0.15, 0.2) is 5.78 Å². The van der Waals surface area contributed by atoms with Crippen LogP contribution >= 0.6 is 0 Å². The van der Waals surface area contributed by atoms with Gasteiger partial charge in [-0.2, -0.15) is 0 Å². The molecule has 2 aromatic rings. The highest BCUT2D eigenvalue weighted by atomic mass is 16.5. The van der Waals surface area contributed by atoms with Crippen molar-refractivity contribution in [2.75, 3.05) is 19.7 Å². The zero-order valence-corrected chi connectivity index (χ0v) is 20.1. The van der Waals surface area contributed by atoms with E-state index in [4.69, 9.17) is 9.47 Å². The van der Waals surface area contributed by atoms with Gasteiger partial charge < -0.3 is 14.4 Å². The average molecular weight is 450 g/mol. The van der Waals surface area contributed by atoms with Gasteiger partial charge in [0, 0.05) is 31.5 Å². The summed E-state index contributed by atoms with van der Waals surface area (Å²) in [4.78, 5) is 27.8. The second-order valence-corrected chi connectivity index (χ2v) is 9.49. The molecule has 1 saturated heterocycles. The molecule has 0 saturated carbocycles. The van der Waals surface area contributed by atoms with E-state index in [1.807, 2.05) is 55.1 Å². The lowest BCUT2D eigenvalue weighted by atomic mass is 9.81. The number of piperidine rings is 1. The SMILES string of the molecule is CCCCCCOc1ccc(C(=O)N2CCC3(CC2)CC(=O)c2ccc(C)c(C)c2O3)cc1. The van der Waals surface area contributed by atoms with E-state index in [1.165, 1.54) is 19.3 Å². The number of hydrogen-bond acceptors (Lipinski definition) is 4. The van der Waals surface area contributed by atoms with E-state index < -0.39 is 5.60 Å². The third-order valence-corrected chi connectivity index (χ3v) is 7.11. The molecule has 2 aliphatic heterocycles. The number of amides is 1. The Bertz CT molecular complexity index is 1000. The predicted octanol–water partition coefficient (Wildman–Crippen LogP) is 5.90. The minimum atomic E-state index is -0.505. The van der Waals surface area contributed by atoms with Crippen LogP contribution in [0.4, 0.5) is 0 Å². The van der Waals surface area contributed by atoms with Crippen LogP contribution in [0.3, 0.4) is 0 Å². The fourth-order valence-electron chi connectivity index (χ4n) is 4.77. The largest absolute Gasteiger partial charge is 0.494 e. The average Bonchev–Trinajstić information content (AvgIpc) is 2.82. The first-order valence-corrected chi connectivity index (χ1v) is 12.3. The molecule has 33 heavy (non-hydrogen) atoms. The predicted molar refractivity (Wildman–Crippen MR) is 129 cm³/mol. The molecule has 1 fully saturated rings. The Morgan fingerprint density at radius 3 is 2.45 bits per heavy atom. The van der Waals surface area contributed by atoms with Crippen LogP contribution in [0.15, 0.2) is 36.4 Å². The highest BCUT2D eigenvalue weighted by Crippen LogP contribution is 2.41. The summed E-state index contributed by atoms with van der Waals surface area (Å²) in [5.41, 5.74) is 3.01. The van der Waals surface area contributed by atoms with Crippen LogP contribution in [-0.2, 0) is 0 Å². The molecule has 0 radical (unpaired) electrons. The first-order valence-electron chi connectivity index (χ1n) is 12.3. The van der Waals surface area contributed by atoms with Crippen LogP contribution in [0.2, 0.25) is 0 Å². The third-order valence-electron chi connectivity index (χ3n) is 7.11. The lowest BCUT2D eigenvalue weighted by molar-refractivity contribution is -0.00620. The van der Waals surface area contributed by atoms with Crippen LogP contribution in [0.5, 0.6) is 11.5 Å². The van der Waals surface area contributed by atoms with Crippen molar-refractivity contribution < 1.29 is 19.1 Å². The molecule has 0 unspecified atom stereocenters. The highest BCUT2D eigenvalue weighted by Gasteiger charge is 2.44. The normalized spacial score (nSPS) is 16.9. The molecule has 5 nitrogen and oxygen atoms in total. The van der Waals surface area contributed by atoms with E-state index in [1.54, 1.807) is 0 Å². The molecule has 2 heterocycles. The molecule has 2 aromatic carbocycles. The maximum Gasteiger partial charge on any atom is 0.253 e. The lowest BCUT2D eigenvalue weighted by Crippen LogP contribution is -2.52.